The highest BCUT2D eigenvalue weighted by Crippen LogP contribution is 2.10. The van der Waals surface area contributed by atoms with Crippen LogP contribution in [0.5, 0.6) is 0 Å². The molecule has 3 nitrogen and oxygen atoms in total. The van der Waals surface area contributed by atoms with Crippen LogP contribution in [0, 0.1) is 0 Å². The number of hydrogen-bond donors (Lipinski definition) is 1. The van der Waals surface area contributed by atoms with E-state index in [9.17, 15) is 0 Å². The highest BCUT2D eigenvalue weighted by Gasteiger charge is 1.95. The van der Waals surface area contributed by atoms with Gasteiger partial charge in [0.15, 0.2) is 0 Å². The maximum atomic E-state index is 5.71. The van der Waals surface area contributed by atoms with Gasteiger partial charge in [0.1, 0.15) is 5.82 Å². The predicted octanol–water partition coefficient (Wildman–Crippen LogP) is 2.94. The molecule has 0 saturated carbocycles. The van der Waals surface area contributed by atoms with Crippen LogP contribution < -0.4 is 5.32 Å². The van der Waals surface area contributed by atoms with Gasteiger partial charge >= 0.3 is 0 Å². The lowest BCUT2D eigenvalue weighted by atomic mass is 10.3. The van der Waals surface area contributed by atoms with Gasteiger partial charge in [-0.1, -0.05) is 11.6 Å². The van der Waals surface area contributed by atoms with Crippen LogP contribution in [0.1, 0.15) is 5.56 Å². The molecule has 0 unspecified atom stereocenters. The normalized spacial score (nSPS) is 10.1. The zero-order chi connectivity index (χ0) is 9.80. The van der Waals surface area contributed by atoms with E-state index in [0.29, 0.717) is 11.6 Å². The summed E-state index contributed by atoms with van der Waals surface area (Å²) in [4.78, 5) is 4.10. The summed E-state index contributed by atoms with van der Waals surface area (Å²) in [5.74, 6) is 0.801. The van der Waals surface area contributed by atoms with E-state index in [1.165, 1.54) is 0 Å². The first-order valence-electron chi connectivity index (χ1n) is 4.21. The summed E-state index contributed by atoms with van der Waals surface area (Å²) in [5, 5.41) is 3.78. The molecule has 1 N–H and O–H groups in total. The third kappa shape index (κ3) is 2.26. The highest BCUT2D eigenvalue weighted by atomic mass is 35.5. The third-order valence-corrected chi connectivity index (χ3v) is 2.00. The molecule has 2 heterocycles. The molecule has 0 aliphatic carbocycles. The van der Waals surface area contributed by atoms with E-state index in [1.54, 1.807) is 24.8 Å². The predicted molar refractivity (Wildman–Crippen MR) is 55.3 cm³/mol. The van der Waals surface area contributed by atoms with Crippen LogP contribution in [0.15, 0.2) is 41.3 Å². The molecule has 0 atom stereocenters. The fraction of sp³-hybridized carbons (Fsp3) is 0.100. The van der Waals surface area contributed by atoms with E-state index in [2.05, 4.69) is 10.3 Å². The monoisotopic (exact) mass is 208 g/mol. The van der Waals surface area contributed by atoms with Crippen LogP contribution in [0.2, 0.25) is 5.02 Å². The van der Waals surface area contributed by atoms with Crippen LogP contribution in [0.3, 0.4) is 0 Å². The second kappa shape index (κ2) is 4.15. The molecule has 72 valence electrons. The molecule has 0 fully saturated rings. The standard InChI is InChI=1S/C10H9ClN2O/c11-9-1-2-10(13-6-9)12-5-8-3-4-14-7-8/h1-4,6-7H,5H2,(H,12,13). The van der Waals surface area contributed by atoms with Gasteiger partial charge in [-0.05, 0) is 18.2 Å². The van der Waals surface area contributed by atoms with Gasteiger partial charge in [0.05, 0.1) is 17.5 Å². The summed E-state index contributed by atoms with van der Waals surface area (Å²) >= 11 is 5.71. The van der Waals surface area contributed by atoms with Crippen molar-refractivity contribution < 1.29 is 4.42 Å². The van der Waals surface area contributed by atoms with Gasteiger partial charge in [-0.15, -0.1) is 0 Å². The largest absolute Gasteiger partial charge is 0.472 e. The van der Waals surface area contributed by atoms with E-state index in [4.69, 9.17) is 16.0 Å². The van der Waals surface area contributed by atoms with Crippen molar-refractivity contribution in [3.63, 3.8) is 0 Å². The molecular weight excluding hydrogens is 200 g/mol. The molecule has 0 spiro atoms. The smallest absolute Gasteiger partial charge is 0.126 e. The van der Waals surface area contributed by atoms with Gasteiger partial charge in [0, 0.05) is 18.3 Å². The van der Waals surface area contributed by atoms with E-state index in [1.807, 2.05) is 12.1 Å². The molecule has 0 saturated heterocycles. The molecule has 2 aromatic heterocycles. The molecule has 0 aliphatic heterocycles. The van der Waals surface area contributed by atoms with E-state index in [0.717, 1.165) is 11.4 Å². The van der Waals surface area contributed by atoms with Crippen LogP contribution in [0.25, 0.3) is 0 Å². The van der Waals surface area contributed by atoms with Gasteiger partial charge in [-0.3, -0.25) is 0 Å². The van der Waals surface area contributed by atoms with Gasteiger partial charge < -0.3 is 9.73 Å². The van der Waals surface area contributed by atoms with E-state index in [-0.39, 0.29) is 0 Å². The van der Waals surface area contributed by atoms with Crippen molar-refractivity contribution in [3.8, 4) is 0 Å². The van der Waals surface area contributed by atoms with Gasteiger partial charge in [0.25, 0.3) is 0 Å². The van der Waals surface area contributed by atoms with Crippen LogP contribution in [-0.2, 0) is 6.54 Å². The number of anilines is 1. The Bertz CT molecular complexity index is 383. The third-order valence-electron chi connectivity index (χ3n) is 1.78. The Kier molecular flexibility index (Phi) is 2.70. The Labute approximate surface area is 86.7 Å². The van der Waals surface area contributed by atoms with Crippen molar-refractivity contribution in [1.29, 1.82) is 0 Å². The highest BCUT2D eigenvalue weighted by molar-refractivity contribution is 6.30. The first kappa shape index (κ1) is 9.09. The Balaban J connectivity index is 1.95. The molecule has 2 rings (SSSR count). The number of halogens is 1. The van der Waals surface area contributed by atoms with Gasteiger partial charge in [-0.2, -0.15) is 0 Å². The minimum absolute atomic E-state index is 0.638. The summed E-state index contributed by atoms with van der Waals surface area (Å²) in [6, 6.07) is 5.54. The van der Waals surface area contributed by atoms with Crippen LogP contribution in [0.4, 0.5) is 5.82 Å². The van der Waals surface area contributed by atoms with Gasteiger partial charge in [-0.25, -0.2) is 4.98 Å². The Morgan fingerprint density at radius 1 is 1.36 bits per heavy atom. The Morgan fingerprint density at radius 3 is 2.93 bits per heavy atom. The lowest BCUT2D eigenvalue weighted by Crippen LogP contribution is -1.99. The zero-order valence-electron chi connectivity index (χ0n) is 7.40. The molecule has 0 aromatic carbocycles. The number of nitrogens with zero attached hydrogens (tertiary/aromatic N) is 1. The summed E-state index contributed by atoms with van der Waals surface area (Å²) < 4.78 is 4.94. The number of rotatable bonds is 3. The number of hydrogen-bond acceptors (Lipinski definition) is 3. The van der Waals surface area contributed by atoms with Crippen molar-refractivity contribution in [1.82, 2.24) is 4.98 Å². The molecule has 0 aliphatic rings. The number of pyridine rings is 1. The average molecular weight is 209 g/mol. The number of furan rings is 1. The van der Waals surface area contributed by atoms with Crippen molar-refractivity contribution in [2.24, 2.45) is 0 Å². The molecule has 4 heteroatoms. The Morgan fingerprint density at radius 2 is 2.29 bits per heavy atom. The van der Waals surface area contributed by atoms with Gasteiger partial charge in [0.2, 0.25) is 0 Å². The van der Waals surface area contributed by atoms with Crippen molar-refractivity contribution >= 4 is 17.4 Å². The summed E-state index contributed by atoms with van der Waals surface area (Å²) in [7, 11) is 0. The first-order valence-corrected chi connectivity index (χ1v) is 4.59. The second-order valence-electron chi connectivity index (χ2n) is 2.85. The molecule has 0 amide bonds. The van der Waals surface area contributed by atoms with E-state index < -0.39 is 0 Å². The summed E-state index contributed by atoms with van der Waals surface area (Å²) in [6.45, 7) is 0.700. The quantitative estimate of drug-likeness (QED) is 0.843. The minimum atomic E-state index is 0.638. The topological polar surface area (TPSA) is 38.1 Å². The Hall–Kier alpha value is -1.48. The van der Waals surface area contributed by atoms with E-state index >= 15 is 0 Å². The summed E-state index contributed by atoms with van der Waals surface area (Å²) in [6.07, 6.45) is 4.95. The zero-order valence-corrected chi connectivity index (χ0v) is 8.16. The van der Waals surface area contributed by atoms with Crippen molar-refractivity contribution in [2.45, 2.75) is 6.54 Å². The SMILES string of the molecule is Clc1ccc(NCc2ccoc2)nc1. The lowest BCUT2D eigenvalue weighted by molar-refractivity contribution is 0.564. The average Bonchev–Trinajstić information content (AvgIpc) is 2.70. The number of aromatic nitrogens is 1. The van der Waals surface area contributed by atoms with Crippen molar-refractivity contribution in [3.05, 3.63) is 47.5 Å². The molecule has 14 heavy (non-hydrogen) atoms. The molecular formula is C10H9ClN2O. The fourth-order valence-electron chi connectivity index (χ4n) is 1.07. The number of nitrogens with one attached hydrogen (secondary N) is 1. The lowest BCUT2D eigenvalue weighted by Gasteiger charge is -2.02. The molecule has 0 bridgehead atoms. The maximum Gasteiger partial charge on any atom is 0.126 e. The van der Waals surface area contributed by atoms with Crippen LogP contribution >= 0.6 is 11.6 Å². The molecule has 2 aromatic rings. The minimum Gasteiger partial charge on any atom is -0.472 e. The second-order valence-corrected chi connectivity index (χ2v) is 3.28. The molecule has 0 radical (unpaired) electrons. The van der Waals surface area contributed by atoms with Crippen LogP contribution in [-0.4, -0.2) is 4.98 Å². The maximum absolute atomic E-state index is 5.71. The fourth-order valence-corrected chi connectivity index (χ4v) is 1.18. The first-order chi connectivity index (χ1) is 6.84. The van der Waals surface area contributed by atoms with Crippen molar-refractivity contribution in [2.75, 3.05) is 5.32 Å². The summed E-state index contributed by atoms with van der Waals surface area (Å²) in [5.41, 5.74) is 1.08.